The number of hydrogen-bond acceptors (Lipinski definition) is 3. The van der Waals surface area contributed by atoms with Gasteiger partial charge in [-0.2, -0.15) is 0 Å². The van der Waals surface area contributed by atoms with Gasteiger partial charge in [0.15, 0.2) is 0 Å². The predicted octanol–water partition coefficient (Wildman–Crippen LogP) is 3.07. The molecule has 2 aromatic rings. The van der Waals surface area contributed by atoms with E-state index in [2.05, 4.69) is 31.5 Å². The molecule has 0 saturated carbocycles. The van der Waals surface area contributed by atoms with Gasteiger partial charge in [-0.1, -0.05) is 34.1 Å². The molecule has 0 saturated heterocycles. The summed E-state index contributed by atoms with van der Waals surface area (Å²) >= 11 is 3.43. The first-order valence-electron chi connectivity index (χ1n) is 5.86. The highest BCUT2D eigenvalue weighted by atomic mass is 79.9. The third kappa shape index (κ3) is 3.79. The van der Waals surface area contributed by atoms with Crippen molar-refractivity contribution in [1.82, 2.24) is 4.98 Å². The summed E-state index contributed by atoms with van der Waals surface area (Å²) in [4.78, 5) is 16.1. The van der Waals surface area contributed by atoms with Crippen LogP contribution >= 0.6 is 15.9 Å². The standard InChI is InChI=1S/C14H14BrN3O/c1-16-13-7-6-11(9-17-13)18-14(19)8-10-4-2-3-5-12(10)15/h2-7,9H,8H2,1H3,(H,16,17)(H,18,19). The molecule has 2 N–H and O–H groups in total. The van der Waals surface area contributed by atoms with Crippen LogP contribution in [0.2, 0.25) is 0 Å². The number of hydrogen-bond donors (Lipinski definition) is 2. The lowest BCUT2D eigenvalue weighted by Gasteiger charge is -2.07. The van der Waals surface area contributed by atoms with Gasteiger partial charge in [0, 0.05) is 11.5 Å². The predicted molar refractivity (Wildman–Crippen MR) is 80.3 cm³/mol. The van der Waals surface area contributed by atoms with E-state index in [1.807, 2.05) is 36.4 Å². The second kappa shape index (κ2) is 6.33. The van der Waals surface area contributed by atoms with Crippen LogP contribution in [-0.4, -0.2) is 17.9 Å². The van der Waals surface area contributed by atoms with Crippen molar-refractivity contribution in [3.63, 3.8) is 0 Å². The molecule has 0 aliphatic rings. The van der Waals surface area contributed by atoms with Gasteiger partial charge in [-0.25, -0.2) is 4.98 Å². The van der Waals surface area contributed by atoms with E-state index in [4.69, 9.17) is 0 Å². The maximum Gasteiger partial charge on any atom is 0.228 e. The highest BCUT2D eigenvalue weighted by Crippen LogP contribution is 2.17. The molecule has 1 aromatic carbocycles. The van der Waals surface area contributed by atoms with E-state index < -0.39 is 0 Å². The summed E-state index contributed by atoms with van der Waals surface area (Å²) in [5.41, 5.74) is 1.65. The number of rotatable bonds is 4. The maximum absolute atomic E-state index is 11.9. The van der Waals surface area contributed by atoms with Crippen LogP contribution in [0, 0.1) is 0 Å². The first-order valence-corrected chi connectivity index (χ1v) is 6.65. The lowest BCUT2D eigenvalue weighted by molar-refractivity contribution is -0.115. The molecule has 2 rings (SSSR count). The number of carbonyl (C=O) groups is 1. The van der Waals surface area contributed by atoms with Gasteiger partial charge in [0.1, 0.15) is 5.82 Å². The molecule has 0 atom stereocenters. The molecular weight excluding hydrogens is 306 g/mol. The Morgan fingerprint density at radius 1 is 1.26 bits per heavy atom. The molecule has 1 aromatic heterocycles. The Kier molecular flexibility index (Phi) is 4.52. The van der Waals surface area contributed by atoms with Crippen molar-refractivity contribution in [2.24, 2.45) is 0 Å². The van der Waals surface area contributed by atoms with Crippen LogP contribution in [0.25, 0.3) is 0 Å². The smallest absolute Gasteiger partial charge is 0.228 e. The van der Waals surface area contributed by atoms with Gasteiger partial charge >= 0.3 is 0 Å². The van der Waals surface area contributed by atoms with Crippen molar-refractivity contribution in [3.05, 3.63) is 52.6 Å². The average molecular weight is 320 g/mol. The van der Waals surface area contributed by atoms with Gasteiger partial charge in [0.2, 0.25) is 5.91 Å². The number of pyridine rings is 1. The van der Waals surface area contributed by atoms with Crippen molar-refractivity contribution in [2.75, 3.05) is 17.7 Å². The van der Waals surface area contributed by atoms with Crippen LogP contribution in [-0.2, 0) is 11.2 Å². The lowest BCUT2D eigenvalue weighted by Crippen LogP contribution is -2.14. The minimum atomic E-state index is -0.0640. The fraction of sp³-hybridized carbons (Fsp3) is 0.143. The van der Waals surface area contributed by atoms with E-state index in [1.165, 1.54) is 0 Å². The molecule has 0 unspecified atom stereocenters. The van der Waals surface area contributed by atoms with Crippen LogP contribution in [0.5, 0.6) is 0 Å². The Bertz CT molecular complexity index is 569. The summed E-state index contributed by atoms with van der Waals surface area (Å²) in [6.45, 7) is 0. The van der Waals surface area contributed by atoms with Gasteiger partial charge in [-0.15, -0.1) is 0 Å². The number of benzene rings is 1. The molecule has 0 spiro atoms. The molecule has 1 amide bonds. The summed E-state index contributed by atoms with van der Waals surface area (Å²) in [7, 11) is 1.80. The van der Waals surface area contributed by atoms with Crippen LogP contribution in [0.1, 0.15) is 5.56 Å². The van der Waals surface area contributed by atoms with E-state index in [1.54, 1.807) is 13.2 Å². The normalized spacial score (nSPS) is 10.0. The summed E-state index contributed by atoms with van der Waals surface area (Å²) in [5.74, 6) is 0.703. The average Bonchev–Trinajstić information content (AvgIpc) is 2.42. The van der Waals surface area contributed by atoms with Crippen LogP contribution in [0.3, 0.4) is 0 Å². The Morgan fingerprint density at radius 2 is 2.05 bits per heavy atom. The number of nitrogens with zero attached hydrogens (tertiary/aromatic N) is 1. The molecule has 0 aliphatic heterocycles. The molecule has 1 heterocycles. The van der Waals surface area contributed by atoms with E-state index in [0.717, 1.165) is 15.9 Å². The van der Waals surface area contributed by atoms with E-state index in [-0.39, 0.29) is 5.91 Å². The zero-order valence-corrected chi connectivity index (χ0v) is 12.1. The van der Waals surface area contributed by atoms with Crippen molar-refractivity contribution in [2.45, 2.75) is 6.42 Å². The zero-order chi connectivity index (χ0) is 13.7. The van der Waals surface area contributed by atoms with Gasteiger partial charge in [0.25, 0.3) is 0 Å². The van der Waals surface area contributed by atoms with Crippen molar-refractivity contribution in [1.29, 1.82) is 0 Å². The summed E-state index contributed by atoms with van der Waals surface area (Å²) in [6, 6.07) is 11.3. The lowest BCUT2D eigenvalue weighted by atomic mass is 10.1. The zero-order valence-electron chi connectivity index (χ0n) is 10.5. The molecule has 5 heteroatoms. The number of halogens is 1. The molecule has 0 radical (unpaired) electrons. The number of aromatic nitrogens is 1. The van der Waals surface area contributed by atoms with Crippen LogP contribution < -0.4 is 10.6 Å². The molecular formula is C14H14BrN3O. The van der Waals surface area contributed by atoms with Crippen molar-refractivity contribution < 1.29 is 4.79 Å². The molecule has 0 aliphatic carbocycles. The molecule has 0 fully saturated rings. The highest BCUT2D eigenvalue weighted by Gasteiger charge is 2.06. The van der Waals surface area contributed by atoms with Crippen molar-refractivity contribution in [3.8, 4) is 0 Å². The first kappa shape index (κ1) is 13.5. The van der Waals surface area contributed by atoms with E-state index in [0.29, 0.717) is 12.1 Å². The van der Waals surface area contributed by atoms with Crippen LogP contribution in [0.15, 0.2) is 47.1 Å². The monoisotopic (exact) mass is 319 g/mol. The summed E-state index contributed by atoms with van der Waals surface area (Å²) in [5, 5.41) is 5.74. The Hall–Kier alpha value is -1.88. The van der Waals surface area contributed by atoms with E-state index in [9.17, 15) is 4.79 Å². The molecule has 19 heavy (non-hydrogen) atoms. The number of nitrogens with one attached hydrogen (secondary N) is 2. The SMILES string of the molecule is CNc1ccc(NC(=O)Cc2ccccc2Br)cn1. The van der Waals surface area contributed by atoms with Gasteiger partial charge < -0.3 is 10.6 Å². The summed E-state index contributed by atoms with van der Waals surface area (Å²) < 4.78 is 0.939. The number of anilines is 2. The second-order valence-corrected chi connectivity index (χ2v) is 4.85. The molecule has 4 nitrogen and oxygen atoms in total. The number of carbonyl (C=O) groups excluding carboxylic acids is 1. The maximum atomic E-state index is 11.9. The Balaban J connectivity index is 1.99. The third-order valence-corrected chi connectivity index (χ3v) is 3.39. The second-order valence-electron chi connectivity index (χ2n) is 4.00. The van der Waals surface area contributed by atoms with E-state index >= 15 is 0 Å². The fourth-order valence-corrected chi connectivity index (χ4v) is 2.06. The van der Waals surface area contributed by atoms with Gasteiger partial charge in [0.05, 0.1) is 18.3 Å². The fourth-order valence-electron chi connectivity index (χ4n) is 1.64. The van der Waals surface area contributed by atoms with Crippen LogP contribution in [0.4, 0.5) is 11.5 Å². The molecule has 98 valence electrons. The Labute approximate surface area is 120 Å². The summed E-state index contributed by atoms with van der Waals surface area (Å²) in [6.07, 6.45) is 1.96. The van der Waals surface area contributed by atoms with Gasteiger partial charge in [-0.3, -0.25) is 4.79 Å². The topological polar surface area (TPSA) is 54.0 Å². The largest absolute Gasteiger partial charge is 0.373 e. The Morgan fingerprint density at radius 3 is 2.68 bits per heavy atom. The minimum absolute atomic E-state index is 0.0640. The minimum Gasteiger partial charge on any atom is -0.373 e. The first-order chi connectivity index (χ1) is 9.19. The number of amides is 1. The quantitative estimate of drug-likeness (QED) is 0.910. The third-order valence-electron chi connectivity index (χ3n) is 2.61. The molecule has 0 bridgehead atoms. The van der Waals surface area contributed by atoms with Crippen molar-refractivity contribution >= 4 is 33.3 Å². The highest BCUT2D eigenvalue weighted by molar-refractivity contribution is 9.10. The van der Waals surface area contributed by atoms with Gasteiger partial charge in [-0.05, 0) is 23.8 Å².